The normalized spacial score (nSPS) is 10.0. The molecule has 0 aliphatic carbocycles. The summed E-state index contributed by atoms with van der Waals surface area (Å²) >= 11 is 0. The van der Waals surface area contributed by atoms with Gasteiger partial charge in [-0.2, -0.15) is 0 Å². The highest BCUT2D eigenvalue weighted by molar-refractivity contribution is 5.94. The van der Waals surface area contributed by atoms with E-state index in [4.69, 9.17) is 14.2 Å². The molecule has 4 heteroatoms. The highest BCUT2D eigenvalue weighted by Gasteiger charge is 2.16. The van der Waals surface area contributed by atoms with Gasteiger partial charge in [0, 0.05) is 7.11 Å². The molecule has 18 heavy (non-hydrogen) atoms. The van der Waals surface area contributed by atoms with E-state index in [1.165, 1.54) is 14.2 Å². The SMILES string of the molecule is C=C(C)c1cc(C(=O)OC)c(OCOC)cc1C. The van der Waals surface area contributed by atoms with Crippen molar-refractivity contribution in [3.8, 4) is 5.75 Å². The molecule has 98 valence electrons. The lowest BCUT2D eigenvalue weighted by Crippen LogP contribution is -2.09. The molecule has 1 aromatic rings. The van der Waals surface area contributed by atoms with Gasteiger partial charge in [-0.15, -0.1) is 0 Å². The molecule has 1 rings (SSSR count). The van der Waals surface area contributed by atoms with Gasteiger partial charge in [-0.25, -0.2) is 4.79 Å². The van der Waals surface area contributed by atoms with Crippen molar-refractivity contribution in [3.05, 3.63) is 35.4 Å². The van der Waals surface area contributed by atoms with E-state index in [1.54, 1.807) is 12.1 Å². The van der Waals surface area contributed by atoms with Crippen LogP contribution < -0.4 is 4.74 Å². The van der Waals surface area contributed by atoms with Crippen LogP contribution in [0, 0.1) is 6.92 Å². The van der Waals surface area contributed by atoms with Gasteiger partial charge in [-0.05, 0) is 37.1 Å². The maximum atomic E-state index is 11.7. The summed E-state index contributed by atoms with van der Waals surface area (Å²) in [6.45, 7) is 7.79. The van der Waals surface area contributed by atoms with Crippen LogP contribution in [-0.2, 0) is 9.47 Å². The lowest BCUT2D eigenvalue weighted by molar-refractivity contribution is 0.0465. The van der Waals surface area contributed by atoms with E-state index in [0.29, 0.717) is 11.3 Å². The molecule has 0 saturated carbocycles. The first-order chi connectivity index (χ1) is 8.51. The minimum Gasteiger partial charge on any atom is -0.467 e. The van der Waals surface area contributed by atoms with Gasteiger partial charge in [0.25, 0.3) is 0 Å². The summed E-state index contributed by atoms with van der Waals surface area (Å²) in [4.78, 5) is 11.7. The average molecular weight is 250 g/mol. The van der Waals surface area contributed by atoms with Crippen molar-refractivity contribution in [2.45, 2.75) is 13.8 Å². The van der Waals surface area contributed by atoms with Crippen LogP contribution in [0.3, 0.4) is 0 Å². The first-order valence-corrected chi connectivity index (χ1v) is 5.51. The first-order valence-electron chi connectivity index (χ1n) is 5.51. The van der Waals surface area contributed by atoms with Crippen molar-refractivity contribution in [1.29, 1.82) is 0 Å². The molecular weight excluding hydrogens is 232 g/mol. The fourth-order valence-corrected chi connectivity index (χ4v) is 1.65. The summed E-state index contributed by atoms with van der Waals surface area (Å²) in [6, 6.07) is 3.52. The lowest BCUT2D eigenvalue weighted by atomic mass is 9.99. The minimum atomic E-state index is -0.441. The maximum absolute atomic E-state index is 11.7. The molecule has 0 amide bonds. The first kappa shape index (κ1) is 14.3. The summed E-state index contributed by atoms with van der Waals surface area (Å²) in [6.07, 6.45) is 0. The molecule has 0 heterocycles. The van der Waals surface area contributed by atoms with Gasteiger partial charge in [0.1, 0.15) is 11.3 Å². The summed E-state index contributed by atoms with van der Waals surface area (Å²) in [5, 5.41) is 0. The van der Waals surface area contributed by atoms with E-state index >= 15 is 0 Å². The number of hydrogen-bond acceptors (Lipinski definition) is 4. The minimum absolute atomic E-state index is 0.0792. The highest BCUT2D eigenvalue weighted by Crippen LogP contribution is 2.27. The number of aryl methyl sites for hydroxylation is 1. The number of esters is 1. The predicted molar refractivity (Wildman–Crippen MR) is 69.7 cm³/mol. The molecule has 0 unspecified atom stereocenters. The third-order valence-corrected chi connectivity index (χ3v) is 2.52. The quantitative estimate of drug-likeness (QED) is 0.595. The number of rotatable bonds is 5. The van der Waals surface area contributed by atoms with Crippen molar-refractivity contribution in [2.24, 2.45) is 0 Å². The molecule has 0 atom stereocenters. The van der Waals surface area contributed by atoms with Gasteiger partial charge < -0.3 is 14.2 Å². The number of carbonyl (C=O) groups is 1. The zero-order valence-corrected chi connectivity index (χ0v) is 11.2. The second-order valence-electron chi connectivity index (χ2n) is 3.99. The zero-order valence-electron chi connectivity index (χ0n) is 11.2. The van der Waals surface area contributed by atoms with Gasteiger partial charge in [0.05, 0.1) is 7.11 Å². The van der Waals surface area contributed by atoms with Crippen molar-refractivity contribution >= 4 is 11.5 Å². The monoisotopic (exact) mass is 250 g/mol. The third-order valence-electron chi connectivity index (χ3n) is 2.52. The van der Waals surface area contributed by atoms with Gasteiger partial charge in [-0.3, -0.25) is 0 Å². The zero-order chi connectivity index (χ0) is 13.7. The number of benzene rings is 1. The van der Waals surface area contributed by atoms with E-state index in [9.17, 15) is 4.79 Å². The lowest BCUT2D eigenvalue weighted by Gasteiger charge is -2.13. The Hall–Kier alpha value is -1.81. The summed E-state index contributed by atoms with van der Waals surface area (Å²) in [5.41, 5.74) is 3.16. The van der Waals surface area contributed by atoms with E-state index in [2.05, 4.69) is 6.58 Å². The maximum Gasteiger partial charge on any atom is 0.341 e. The summed E-state index contributed by atoms with van der Waals surface area (Å²) in [7, 11) is 2.86. The second-order valence-corrected chi connectivity index (χ2v) is 3.99. The number of ether oxygens (including phenoxy) is 3. The van der Waals surface area contributed by atoms with E-state index in [-0.39, 0.29) is 6.79 Å². The molecule has 0 aliphatic rings. The van der Waals surface area contributed by atoms with Crippen molar-refractivity contribution in [1.82, 2.24) is 0 Å². The van der Waals surface area contributed by atoms with Crippen molar-refractivity contribution in [2.75, 3.05) is 21.0 Å². The van der Waals surface area contributed by atoms with Crippen LogP contribution in [0.15, 0.2) is 18.7 Å². The van der Waals surface area contributed by atoms with E-state index < -0.39 is 5.97 Å². The standard InChI is InChI=1S/C14H18O4/c1-9(2)11-7-12(14(15)17-5)13(6-10(11)3)18-8-16-4/h6-7H,1,8H2,2-5H3. The van der Waals surface area contributed by atoms with Crippen LogP contribution in [0.25, 0.3) is 5.57 Å². The van der Waals surface area contributed by atoms with Gasteiger partial charge >= 0.3 is 5.97 Å². The van der Waals surface area contributed by atoms with Crippen LogP contribution in [-0.4, -0.2) is 27.0 Å². The Morgan fingerprint density at radius 2 is 1.94 bits per heavy atom. The Morgan fingerprint density at radius 1 is 1.28 bits per heavy atom. The Kier molecular flexibility index (Phi) is 4.92. The number of allylic oxidation sites excluding steroid dienone is 1. The molecule has 0 fully saturated rings. The fourth-order valence-electron chi connectivity index (χ4n) is 1.65. The van der Waals surface area contributed by atoms with E-state index in [1.807, 2.05) is 13.8 Å². The van der Waals surface area contributed by atoms with Crippen LogP contribution in [0.1, 0.15) is 28.4 Å². The van der Waals surface area contributed by atoms with Crippen LogP contribution >= 0.6 is 0 Å². The highest BCUT2D eigenvalue weighted by atomic mass is 16.7. The fraction of sp³-hybridized carbons (Fsp3) is 0.357. The molecular formula is C14H18O4. The Bertz CT molecular complexity index is 463. The summed E-state index contributed by atoms with van der Waals surface area (Å²) < 4.78 is 15.0. The Morgan fingerprint density at radius 3 is 2.44 bits per heavy atom. The van der Waals surface area contributed by atoms with Crippen LogP contribution in [0.2, 0.25) is 0 Å². The molecule has 0 spiro atoms. The third kappa shape index (κ3) is 3.11. The van der Waals surface area contributed by atoms with E-state index in [0.717, 1.165) is 16.7 Å². The second kappa shape index (κ2) is 6.21. The Balaban J connectivity index is 3.27. The number of methoxy groups -OCH3 is 2. The predicted octanol–water partition coefficient (Wildman–Crippen LogP) is 2.80. The van der Waals surface area contributed by atoms with Crippen LogP contribution in [0.4, 0.5) is 0 Å². The molecule has 0 aliphatic heterocycles. The molecule has 4 nitrogen and oxygen atoms in total. The molecule has 0 bridgehead atoms. The topological polar surface area (TPSA) is 44.8 Å². The average Bonchev–Trinajstić information content (AvgIpc) is 2.34. The molecule has 0 N–H and O–H groups in total. The number of carbonyl (C=O) groups excluding carboxylic acids is 1. The van der Waals surface area contributed by atoms with Gasteiger partial charge in [-0.1, -0.05) is 12.2 Å². The van der Waals surface area contributed by atoms with Gasteiger partial charge in [0.15, 0.2) is 6.79 Å². The van der Waals surface area contributed by atoms with Crippen LogP contribution in [0.5, 0.6) is 5.75 Å². The molecule has 0 aromatic heterocycles. The van der Waals surface area contributed by atoms with Crippen molar-refractivity contribution in [3.63, 3.8) is 0 Å². The van der Waals surface area contributed by atoms with Crippen molar-refractivity contribution < 1.29 is 19.0 Å². The van der Waals surface area contributed by atoms with Gasteiger partial charge in [0.2, 0.25) is 0 Å². The Labute approximate surface area is 107 Å². The molecule has 1 aromatic carbocycles. The number of hydrogen-bond donors (Lipinski definition) is 0. The molecule has 0 radical (unpaired) electrons. The molecule has 0 saturated heterocycles. The summed E-state index contributed by atoms with van der Waals surface area (Å²) in [5.74, 6) is 0.00908. The largest absolute Gasteiger partial charge is 0.467 e. The smallest absolute Gasteiger partial charge is 0.341 e.